The SMILES string of the molecule is FCc1cnc(-c2ccc3ccccc3c2)o1. The predicted octanol–water partition coefficient (Wildman–Crippen LogP) is 3.96. The first-order valence-corrected chi connectivity index (χ1v) is 5.36. The topological polar surface area (TPSA) is 26.0 Å². The zero-order valence-electron chi connectivity index (χ0n) is 9.06. The summed E-state index contributed by atoms with van der Waals surface area (Å²) in [5, 5.41) is 2.28. The van der Waals surface area contributed by atoms with Gasteiger partial charge in [-0.1, -0.05) is 30.3 Å². The van der Waals surface area contributed by atoms with Crippen molar-refractivity contribution in [1.82, 2.24) is 4.98 Å². The molecule has 84 valence electrons. The number of halogens is 1. The summed E-state index contributed by atoms with van der Waals surface area (Å²) in [6, 6.07) is 14.0. The molecule has 0 saturated carbocycles. The Kier molecular flexibility index (Phi) is 2.37. The van der Waals surface area contributed by atoms with Crippen LogP contribution in [0, 0.1) is 0 Å². The minimum atomic E-state index is -0.624. The van der Waals surface area contributed by atoms with E-state index in [0.29, 0.717) is 5.89 Å². The summed E-state index contributed by atoms with van der Waals surface area (Å²) in [5.41, 5.74) is 0.864. The highest BCUT2D eigenvalue weighted by Gasteiger charge is 2.06. The first-order valence-electron chi connectivity index (χ1n) is 5.36. The number of nitrogens with zero attached hydrogens (tertiary/aromatic N) is 1. The third kappa shape index (κ3) is 1.80. The Hall–Kier alpha value is -2.16. The van der Waals surface area contributed by atoms with E-state index in [0.717, 1.165) is 16.3 Å². The van der Waals surface area contributed by atoms with Crippen molar-refractivity contribution in [3.8, 4) is 11.5 Å². The first-order chi connectivity index (χ1) is 8.36. The highest BCUT2D eigenvalue weighted by atomic mass is 19.1. The van der Waals surface area contributed by atoms with Gasteiger partial charge in [0.05, 0.1) is 6.20 Å². The van der Waals surface area contributed by atoms with Crippen LogP contribution in [0.15, 0.2) is 53.1 Å². The number of rotatable bonds is 2. The molecule has 0 aliphatic carbocycles. The molecule has 3 aromatic rings. The fraction of sp³-hybridized carbons (Fsp3) is 0.0714. The van der Waals surface area contributed by atoms with Crippen molar-refractivity contribution in [2.75, 3.05) is 0 Å². The Morgan fingerprint density at radius 1 is 1.06 bits per heavy atom. The normalized spacial score (nSPS) is 10.9. The average molecular weight is 227 g/mol. The van der Waals surface area contributed by atoms with Gasteiger partial charge in [-0.25, -0.2) is 9.37 Å². The molecular weight excluding hydrogens is 217 g/mol. The van der Waals surface area contributed by atoms with Crippen LogP contribution in [0.25, 0.3) is 22.2 Å². The van der Waals surface area contributed by atoms with E-state index in [9.17, 15) is 4.39 Å². The maximum atomic E-state index is 12.4. The molecule has 2 nitrogen and oxygen atoms in total. The van der Waals surface area contributed by atoms with Crippen molar-refractivity contribution in [1.29, 1.82) is 0 Å². The number of hydrogen-bond acceptors (Lipinski definition) is 2. The lowest BCUT2D eigenvalue weighted by Crippen LogP contribution is -1.78. The number of hydrogen-bond donors (Lipinski definition) is 0. The van der Waals surface area contributed by atoms with Crippen LogP contribution in [-0.2, 0) is 6.67 Å². The molecule has 3 heteroatoms. The Bertz CT molecular complexity index is 660. The van der Waals surface area contributed by atoms with Gasteiger partial charge in [0.25, 0.3) is 0 Å². The molecule has 2 aromatic carbocycles. The van der Waals surface area contributed by atoms with E-state index in [2.05, 4.69) is 4.98 Å². The quantitative estimate of drug-likeness (QED) is 0.662. The van der Waals surface area contributed by atoms with Crippen LogP contribution < -0.4 is 0 Å². The van der Waals surface area contributed by atoms with Gasteiger partial charge in [0.1, 0.15) is 6.67 Å². The van der Waals surface area contributed by atoms with Crippen molar-refractivity contribution < 1.29 is 8.81 Å². The second-order valence-electron chi connectivity index (χ2n) is 3.83. The van der Waals surface area contributed by atoms with E-state index in [-0.39, 0.29) is 5.76 Å². The number of alkyl halides is 1. The van der Waals surface area contributed by atoms with Gasteiger partial charge in [0, 0.05) is 5.56 Å². The molecule has 0 saturated heterocycles. The summed E-state index contributed by atoms with van der Waals surface area (Å²) >= 11 is 0. The summed E-state index contributed by atoms with van der Waals surface area (Å²) in [4.78, 5) is 4.06. The van der Waals surface area contributed by atoms with Gasteiger partial charge in [-0.15, -0.1) is 0 Å². The number of fused-ring (bicyclic) bond motifs is 1. The molecule has 17 heavy (non-hydrogen) atoms. The van der Waals surface area contributed by atoms with Gasteiger partial charge in [-0.3, -0.25) is 0 Å². The van der Waals surface area contributed by atoms with Gasteiger partial charge in [0.15, 0.2) is 5.76 Å². The predicted molar refractivity (Wildman–Crippen MR) is 64.3 cm³/mol. The first kappa shape index (κ1) is 10.0. The summed E-state index contributed by atoms with van der Waals surface area (Å²) in [5.74, 6) is 0.719. The molecule has 0 radical (unpaired) electrons. The smallest absolute Gasteiger partial charge is 0.226 e. The van der Waals surface area contributed by atoms with Crippen molar-refractivity contribution in [2.45, 2.75) is 6.67 Å². The van der Waals surface area contributed by atoms with Crippen molar-refractivity contribution in [3.63, 3.8) is 0 Å². The highest BCUT2D eigenvalue weighted by molar-refractivity contribution is 5.86. The van der Waals surface area contributed by atoms with Crippen LogP contribution >= 0.6 is 0 Å². The Morgan fingerprint density at radius 2 is 1.88 bits per heavy atom. The molecule has 0 unspecified atom stereocenters. The molecule has 0 amide bonds. The molecule has 0 aliphatic heterocycles. The zero-order chi connectivity index (χ0) is 11.7. The van der Waals surface area contributed by atoms with E-state index >= 15 is 0 Å². The van der Waals surface area contributed by atoms with Crippen molar-refractivity contribution in [2.24, 2.45) is 0 Å². The minimum Gasteiger partial charge on any atom is -0.438 e. The molecule has 1 aromatic heterocycles. The van der Waals surface area contributed by atoms with Gasteiger partial charge in [0.2, 0.25) is 5.89 Å². The van der Waals surface area contributed by atoms with Crippen LogP contribution in [0.2, 0.25) is 0 Å². The van der Waals surface area contributed by atoms with E-state index in [4.69, 9.17) is 4.42 Å². The Morgan fingerprint density at radius 3 is 2.65 bits per heavy atom. The summed E-state index contributed by atoms with van der Waals surface area (Å²) in [6.45, 7) is -0.624. The number of oxazole rings is 1. The lowest BCUT2D eigenvalue weighted by Gasteiger charge is -1.99. The van der Waals surface area contributed by atoms with Crippen LogP contribution in [0.5, 0.6) is 0 Å². The number of benzene rings is 2. The zero-order valence-corrected chi connectivity index (χ0v) is 9.06. The molecule has 1 heterocycles. The summed E-state index contributed by atoms with van der Waals surface area (Å²) in [6.07, 6.45) is 1.42. The molecule has 0 atom stereocenters. The van der Waals surface area contributed by atoms with Crippen molar-refractivity contribution >= 4 is 10.8 Å². The van der Waals surface area contributed by atoms with Gasteiger partial charge < -0.3 is 4.42 Å². The average Bonchev–Trinajstić information content (AvgIpc) is 2.87. The second kappa shape index (κ2) is 4.01. The van der Waals surface area contributed by atoms with E-state index in [1.807, 2.05) is 42.5 Å². The number of aromatic nitrogens is 1. The maximum Gasteiger partial charge on any atom is 0.226 e. The second-order valence-corrected chi connectivity index (χ2v) is 3.83. The van der Waals surface area contributed by atoms with E-state index in [1.165, 1.54) is 6.20 Å². The third-order valence-corrected chi connectivity index (χ3v) is 2.68. The third-order valence-electron chi connectivity index (χ3n) is 2.68. The standard InChI is InChI=1S/C14H10FNO/c15-8-13-9-16-14(17-13)12-6-5-10-3-1-2-4-11(10)7-12/h1-7,9H,8H2. The molecule has 0 N–H and O–H groups in total. The van der Waals surface area contributed by atoms with E-state index in [1.54, 1.807) is 0 Å². The minimum absolute atomic E-state index is 0.258. The molecule has 0 aliphatic rings. The lowest BCUT2D eigenvalue weighted by molar-refractivity contribution is 0.398. The maximum absolute atomic E-state index is 12.4. The fourth-order valence-corrected chi connectivity index (χ4v) is 1.83. The van der Waals surface area contributed by atoms with E-state index < -0.39 is 6.67 Å². The van der Waals surface area contributed by atoms with Gasteiger partial charge in [-0.05, 0) is 22.9 Å². The molecular formula is C14H10FNO. The highest BCUT2D eigenvalue weighted by Crippen LogP contribution is 2.24. The van der Waals surface area contributed by atoms with Crippen LogP contribution in [-0.4, -0.2) is 4.98 Å². The van der Waals surface area contributed by atoms with Gasteiger partial charge in [-0.2, -0.15) is 0 Å². The largest absolute Gasteiger partial charge is 0.438 e. The van der Waals surface area contributed by atoms with Crippen LogP contribution in [0.4, 0.5) is 4.39 Å². The summed E-state index contributed by atoms with van der Waals surface area (Å²) in [7, 11) is 0. The Balaban J connectivity index is 2.11. The van der Waals surface area contributed by atoms with Crippen LogP contribution in [0.3, 0.4) is 0 Å². The molecule has 0 bridgehead atoms. The molecule has 3 rings (SSSR count). The van der Waals surface area contributed by atoms with Gasteiger partial charge >= 0.3 is 0 Å². The summed E-state index contributed by atoms with van der Waals surface area (Å²) < 4.78 is 17.7. The molecule has 0 fully saturated rings. The van der Waals surface area contributed by atoms with Crippen molar-refractivity contribution in [3.05, 3.63) is 54.4 Å². The Labute approximate surface area is 97.7 Å². The molecule has 0 spiro atoms. The van der Waals surface area contributed by atoms with Crippen LogP contribution in [0.1, 0.15) is 5.76 Å². The monoisotopic (exact) mass is 227 g/mol. The lowest BCUT2D eigenvalue weighted by atomic mass is 10.1. The fourth-order valence-electron chi connectivity index (χ4n) is 1.83.